The molecule has 5 rings (SSSR count). The van der Waals surface area contributed by atoms with E-state index >= 15 is 0 Å². The minimum atomic E-state index is -0.567. The van der Waals surface area contributed by atoms with Crippen molar-refractivity contribution in [2.45, 2.75) is 32.6 Å². The zero-order chi connectivity index (χ0) is 19.6. The number of aliphatic imine (C=N–C) groups is 1. The second kappa shape index (κ2) is 5.81. The van der Waals surface area contributed by atoms with E-state index in [0.717, 1.165) is 17.0 Å². The second-order valence-corrected chi connectivity index (χ2v) is 8.72. The average Bonchev–Trinajstić information content (AvgIpc) is 2.92. The van der Waals surface area contributed by atoms with Crippen molar-refractivity contribution in [2.75, 3.05) is 0 Å². The number of hydrogen-bond acceptors (Lipinski definition) is 3. The molecule has 0 fully saturated rings. The van der Waals surface area contributed by atoms with Gasteiger partial charge in [-0.1, -0.05) is 50.2 Å². The van der Waals surface area contributed by atoms with E-state index in [2.05, 4.69) is 13.8 Å². The molecule has 0 bridgehead atoms. The molecular weight excluding hydrogens is 353 g/mol. The monoisotopic (exact) mass is 373 g/mol. The van der Waals surface area contributed by atoms with Crippen LogP contribution >= 0.6 is 0 Å². The van der Waals surface area contributed by atoms with E-state index in [1.807, 2.05) is 30.3 Å². The fourth-order valence-corrected chi connectivity index (χ4v) is 4.95. The predicted octanol–water partition coefficient (Wildman–Crippen LogP) is 4.87. The normalized spacial score (nSPS) is 25.2. The van der Waals surface area contributed by atoms with Crippen LogP contribution < -0.4 is 0 Å². The van der Waals surface area contributed by atoms with Crippen LogP contribution in [0, 0.1) is 17.2 Å². The Labute approximate surface area is 163 Å². The van der Waals surface area contributed by atoms with Gasteiger partial charge in [0.1, 0.15) is 5.82 Å². The number of fused-ring (bicyclic) bond motifs is 3. The largest absolute Gasteiger partial charge is 0.294 e. The Hall–Kier alpha value is -2.88. The summed E-state index contributed by atoms with van der Waals surface area (Å²) < 4.78 is 14.1. The van der Waals surface area contributed by atoms with Crippen LogP contribution in [0.4, 0.5) is 4.39 Å². The molecule has 4 heteroatoms. The highest BCUT2D eigenvalue weighted by Gasteiger charge is 2.50. The summed E-state index contributed by atoms with van der Waals surface area (Å²) in [7, 11) is 0. The molecule has 0 saturated heterocycles. The summed E-state index contributed by atoms with van der Waals surface area (Å²) in [6.45, 7) is 4.12. The second-order valence-electron chi connectivity index (χ2n) is 8.72. The third-order valence-electron chi connectivity index (χ3n) is 6.05. The van der Waals surface area contributed by atoms with E-state index in [1.54, 1.807) is 6.07 Å². The average molecular weight is 373 g/mol. The molecule has 0 spiro atoms. The number of allylic oxidation sites excluding steroid dienone is 2. The summed E-state index contributed by atoms with van der Waals surface area (Å²) in [5, 5.41) is 0. The number of Topliss-reactive ketones (excluding diaryl/α,β-unsaturated/α-hetero) is 2. The summed E-state index contributed by atoms with van der Waals surface area (Å²) in [4.78, 5) is 31.3. The van der Waals surface area contributed by atoms with Gasteiger partial charge in [0, 0.05) is 34.7 Å². The van der Waals surface area contributed by atoms with Crippen molar-refractivity contribution in [3.8, 4) is 0 Å². The summed E-state index contributed by atoms with van der Waals surface area (Å²) in [5.74, 6) is -1.43. The Morgan fingerprint density at radius 3 is 2.46 bits per heavy atom. The first-order chi connectivity index (χ1) is 13.4. The van der Waals surface area contributed by atoms with Gasteiger partial charge in [0.2, 0.25) is 0 Å². The molecule has 3 aliphatic rings. The van der Waals surface area contributed by atoms with Gasteiger partial charge in [0.25, 0.3) is 0 Å². The topological polar surface area (TPSA) is 46.5 Å². The van der Waals surface area contributed by atoms with Gasteiger partial charge in [-0.05, 0) is 29.5 Å². The fourth-order valence-electron chi connectivity index (χ4n) is 4.95. The van der Waals surface area contributed by atoms with Gasteiger partial charge in [-0.2, -0.15) is 0 Å². The number of halogens is 1. The van der Waals surface area contributed by atoms with E-state index in [0.29, 0.717) is 29.5 Å². The van der Waals surface area contributed by atoms with Crippen molar-refractivity contribution < 1.29 is 14.0 Å². The molecular formula is C24H20FNO2. The van der Waals surface area contributed by atoms with Crippen LogP contribution in [0.3, 0.4) is 0 Å². The maximum Gasteiger partial charge on any atom is 0.173 e. The van der Waals surface area contributed by atoms with Crippen molar-refractivity contribution >= 4 is 17.3 Å². The highest BCUT2D eigenvalue weighted by molar-refractivity contribution is 6.30. The summed E-state index contributed by atoms with van der Waals surface area (Å²) in [5.41, 5.74) is 4.03. The molecule has 2 aromatic rings. The van der Waals surface area contributed by atoms with Crippen LogP contribution in [0.5, 0.6) is 0 Å². The first-order valence-corrected chi connectivity index (χ1v) is 9.60. The summed E-state index contributed by atoms with van der Waals surface area (Å²) in [6.07, 6.45) is 1.09. The van der Waals surface area contributed by atoms with Crippen LogP contribution in [0.1, 0.15) is 54.1 Å². The maximum atomic E-state index is 14.1. The van der Waals surface area contributed by atoms with Gasteiger partial charge in [-0.15, -0.1) is 0 Å². The van der Waals surface area contributed by atoms with Crippen molar-refractivity contribution in [1.82, 2.24) is 0 Å². The van der Waals surface area contributed by atoms with Crippen molar-refractivity contribution in [3.63, 3.8) is 0 Å². The van der Waals surface area contributed by atoms with Crippen LogP contribution in [-0.2, 0) is 4.79 Å². The van der Waals surface area contributed by atoms with Gasteiger partial charge in [-0.3, -0.25) is 14.6 Å². The number of benzene rings is 2. The molecule has 2 aliphatic carbocycles. The van der Waals surface area contributed by atoms with E-state index in [9.17, 15) is 14.0 Å². The number of ketones is 2. The lowest BCUT2D eigenvalue weighted by Crippen LogP contribution is -2.37. The van der Waals surface area contributed by atoms with Crippen LogP contribution in [0.25, 0.3) is 0 Å². The Morgan fingerprint density at radius 1 is 0.964 bits per heavy atom. The van der Waals surface area contributed by atoms with Gasteiger partial charge in [-0.25, -0.2) is 4.39 Å². The van der Waals surface area contributed by atoms with Gasteiger partial charge in [0.05, 0.1) is 11.6 Å². The predicted molar refractivity (Wildman–Crippen MR) is 105 cm³/mol. The van der Waals surface area contributed by atoms with Crippen molar-refractivity contribution in [1.29, 1.82) is 0 Å². The fraction of sp³-hybridized carbons (Fsp3) is 0.292. The number of hydrogen-bond donors (Lipinski definition) is 0. The molecule has 2 aromatic carbocycles. The van der Waals surface area contributed by atoms with Crippen LogP contribution in [-0.4, -0.2) is 17.3 Å². The van der Waals surface area contributed by atoms with Gasteiger partial charge in [0.15, 0.2) is 11.6 Å². The number of carbonyl (C=O) groups excluding carboxylic acids is 2. The standard InChI is InChI=1S/C24H20FNO2/c1-24(2)11-17-20(18(27)12-24)19(13-6-5-7-14(25)10-13)21-22(26-17)15-8-3-4-9-16(15)23(21)28/h3-10,19,21H,11-12H2,1-2H3/t19-,21+/m0/s1. The van der Waals surface area contributed by atoms with Gasteiger partial charge >= 0.3 is 0 Å². The zero-order valence-corrected chi connectivity index (χ0v) is 15.8. The van der Waals surface area contributed by atoms with Crippen LogP contribution in [0.2, 0.25) is 0 Å². The lowest BCUT2D eigenvalue weighted by molar-refractivity contribution is -0.118. The lowest BCUT2D eigenvalue weighted by Gasteiger charge is -2.38. The van der Waals surface area contributed by atoms with E-state index in [4.69, 9.17) is 4.99 Å². The smallest absolute Gasteiger partial charge is 0.173 e. The third-order valence-corrected chi connectivity index (χ3v) is 6.05. The van der Waals surface area contributed by atoms with E-state index in [-0.39, 0.29) is 22.8 Å². The highest BCUT2D eigenvalue weighted by Crippen LogP contribution is 2.51. The molecule has 0 unspecified atom stereocenters. The Morgan fingerprint density at radius 2 is 1.71 bits per heavy atom. The van der Waals surface area contributed by atoms with Crippen LogP contribution in [0.15, 0.2) is 64.8 Å². The number of nitrogens with zero attached hydrogens (tertiary/aromatic N) is 1. The number of carbonyl (C=O) groups is 2. The molecule has 0 amide bonds. The molecule has 3 nitrogen and oxygen atoms in total. The van der Waals surface area contributed by atoms with E-state index in [1.165, 1.54) is 12.1 Å². The molecule has 0 radical (unpaired) electrons. The minimum Gasteiger partial charge on any atom is -0.294 e. The quantitative estimate of drug-likeness (QED) is 0.716. The molecule has 0 saturated carbocycles. The first kappa shape index (κ1) is 17.2. The Balaban J connectivity index is 1.78. The highest BCUT2D eigenvalue weighted by atomic mass is 19.1. The first-order valence-electron chi connectivity index (χ1n) is 9.60. The molecule has 0 aromatic heterocycles. The minimum absolute atomic E-state index is 0.0204. The molecule has 1 aliphatic heterocycles. The van der Waals surface area contributed by atoms with Crippen molar-refractivity contribution in [3.05, 3.63) is 82.3 Å². The molecule has 28 heavy (non-hydrogen) atoms. The lowest BCUT2D eigenvalue weighted by atomic mass is 9.66. The Kier molecular flexibility index (Phi) is 3.57. The van der Waals surface area contributed by atoms with Gasteiger partial charge < -0.3 is 0 Å². The Bertz CT molecular complexity index is 1110. The molecule has 0 N–H and O–H groups in total. The van der Waals surface area contributed by atoms with E-state index < -0.39 is 11.8 Å². The number of rotatable bonds is 1. The SMILES string of the molecule is CC1(C)CC(=O)C2=C(C1)N=C1c3ccccc3C(=O)[C@@H]1[C@H]2c1cccc(F)c1. The summed E-state index contributed by atoms with van der Waals surface area (Å²) in [6, 6.07) is 13.7. The molecule has 140 valence electrons. The van der Waals surface area contributed by atoms with Crippen molar-refractivity contribution in [2.24, 2.45) is 16.3 Å². The molecule has 1 heterocycles. The summed E-state index contributed by atoms with van der Waals surface area (Å²) >= 11 is 0. The maximum absolute atomic E-state index is 14.1. The zero-order valence-electron chi connectivity index (χ0n) is 15.8. The molecule has 2 atom stereocenters. The third kappa shape index (κ3) is 2.44.